The minimum Gasteiger partial charge on any atom is -0.444 e. The van der Waals surface area contributed by atoms with E-state index < -0.39 is 23.9 Å². The van der Waals surface area contributed by atoms with Crippen molar-refractivity contribution in [1.82, 2.24) is 4.90 Å². The zero-order valence-corrected chi connectivity index (χ0v) is 19.8. The Hall–Kier alpha value is -2.06. The molecule has 2 amide bonds. The summed E-state index contributed by atoms with van der Waals surface area (Å²) in [4.78, 5) is 26.5. The number of anilines is 1. The fourth-order valence-electron chi connectivity index (χ4n) is 3.60. The number of nitrogens with zero attached hydrogens (tertiary/aromatic N) is 1. The predicted octanol–water partition coefficient (Wildman–Crippen LogP) is 3.57. The van der Waals surface area contributed by atoms with E-state index in [1.165, 1.54) is 0 Å². The van der Waals surface area contributed by atoms with E-state index in [2.05, 4.69) is 5.32 Å². The highest BCUT2D eigenvalue weighted by atomic mass is 16.7. The van der Waals surface area contributed by atoms with E-state index in [-0.39, 0.29) is 17.9 Å². The molecule has 0 radical (unpaired) electrons. The quantitative estimate of drug-likeness (QED) is 0.742. The van der Waals surface area contributed by atoms with Crippen LogP contribution in [0.3, 0.4) is 0 Å². The Kier molecular flexibility index (Phi) is 6.45. The summed E-state index contributed by atoms with van der Waals surface area (Å²) in [5.41, 5.74) is 0.358. The van der Waals surface area contributed by atoms with Gasteiger partial charge < -0.3 is 24.3 Å². The van der Waals surface area contributed by atoms with Crippen molar-refractivity contribution in [3.05, 3.63) is 24.3 Å². The third kappa shape index (κ3) is 5.60. The second kappa shape index (κ2) is 8.47. The van der Waals surface area contributed by atoms with Gasteiger partial charge in [-0.3, -0.25) is 4.79 Å². The van der Waals surface area contributed by atoms with Crippen molar-refractivity contribution in [1.29, 1.82) is 0 Å². The Morgan fingerprint density at radius 1 is 1.03 bits per heavy atom. The molecule has 3 rings (SSSR count). The highest BCUT2D eigenvalue weighted by Gasteiger charge is 2.51. The molecule has 0 aliphatic carbocycles. The van der Waals surface area contributed by atoms with Gasteiger partial charge in [-0.2, -0.15) is 0 Å². The first-order valence-corrected chi connectivity index (χ1v) is 11.0. The summed E-state index contributed by atoms with van der Waals surface area (Å²) in [5, 5.41) is 2.99. The Labute approximate surface area is 185 Å². The summed E-state index contributed by atoms with van der Waals surface area (Å²) < 4.78 is 17.6. The van der Waals surface area contributed by atoms with Crippen molar-refractivity contribution in [3.63, 3.8) is 0 Å². The maximum Gasteiger partial charge on any atom is 0.494 e. The first-order valence-electron chi connectivity index (χ1n) is 11.0. The lowest BCUT2D eigenvalue weighted by atomic mass is 9.79. The fraction of sp³-hybridized carbons (Fsp3) is 0.652. The molecular formula is C23H35BN2O5. The lowest BCUT2D eigenvalue weighted by Gasteiger charge is -2.32. The highest BCUT2D eigenvalue weighted by Crippen LogP contribution is 2.36. The standard InChI is InChI=1S/C23H35BN2O5/c1-21(2,3)29-20(28)26-14-12-16(13-15-26)19(27)25-18-10-8-17(9-11-18)24-30-22(4,5)23(6,7)31-24/h8-11,16H,12-15H2,1-7H3,(H,25,27). The third-order valence-corrected chi connectivity index (χ3v) is 6.22. The summed E-state index contributed by atoms with van der Waals surface area (Å²) in [6.07, 6.45) is 0.929. The molecule has 2 aliphatic rings. The second-order valence-electron chi connectivity index (χ2n) is 10.4. The maximum atomic E-state index is 12.7. The van der Waals surface area contributed by atoms with Crippen LogP contribution in [0.5, 0.6) is 0 Å². The zero-order chi connectivity index (χ0) is 23.0. The average molecular weight is 430 g/mol. The number of carbonyl (C=O) groups excluding carboxylic acids is 2. The number of rotatable bonds is 3. The smallest absolute Gasteiger partial charge is 0.444 e. The molecule has 2 aliphatic heterocycles. The summed E-state index contributed by atoms with van der Waals surface area (Å²) in [6.45, 7) is 14.7. The van der Waals surface area contributed by atoms with Crippen molar-refractivity contribution >= 4 is 30.3 Å². The van der Waals surface area contributed by atoms with Gasteiger partial charge in [0.1, 0.15) is 5.60 Å². The third-order valence-electron chi connectivity index (χ3n) is 6.22. The van der Waals surface area contributed by atoms with Gasteiger partial charge in [0.15, 0.2) is 0 Å². The molecule has 31 heavy (non-hydrogen) atoms. The monoisotopic (exact) mass is 430 g/mol. The van der Waals surface area contributed by atoms with Crippen LogP contribution < -0.4 is 10.8 Å². The number of hydrogen-bond acceptors (Lipinski definition) is 5. The molecule has 0 unspecified atom stereocenters. The van der Waals surface area contributed by atoms with Gasteiger partial charge in [-0.05, 0) is 78.9 Å². The van der Waals surface area contributed by atoms with Crippen LogP contribution in [0, 0.1) is 5.92 Å². The number of ether oxygens (including phenoxy) is 1. The van der Waals surface area contributed by atoms with Crippen LogP contribution in [-0.4, -0.2) is 53.9 Å². The summed E-state index contributed by atoms with van der Waals surface area (Å²) in [5.74, 6) is -0.145. The van der Waals surface area contributed by atoms with Crippen LogP contribution in [-0.2, 0) is 18.8 Å². The average Bonchev–Trinajstić information content (AvgIpc) is 2.88. The van der Waals surface area contributed by atoms with Gasteiger partial charge in [0.25, 0.3) is 0 Å². The molecule has 0 aromatic heterocycles. The normalized spacial score (nSPS) is 21.1. The van der Waals surface area contributed by atoms with Gasteiger partial charge in [0.05, 0.1) is 11.2 Å². The summed E-state index contributed by atoms with van der Waals surface area (Å²) >= 11 is 0. The van der Waals surface area contributed by atoms with Crippen molar-refractivity contribution in [3.8, 4) is 0 Å². The van der Waals surface area contributed by atoms with E-state index in [4.69, 9.17) is 14.0 Å². The number of piperidine rings is 1. The lowest BCUT2D eigenvalue weighted by Crippen LogP contribution is -2.43. The first-order chi connectivity index (χ1) is 14.3. The molecule has 7 nitrogen and oxygen atoms in total. The second-order valence-corrected chi connectivity index (χ2v) is 10.4. The lowest BCUT2D eigenvalue weighted by molar-refractivity contribution is -0.121. The van der Waals surface area contributed by atoms with Crippen molar-refractivity contribution in [2.24, 2.45) is 5.92 Å². The molecule has 170 valence electrons. The molecule has 8 heteroatoms. The van der Waals surface area contributed by atoms with E-state index in [9.17, 15) is 9.59 Å². The van der Waals surface area contributed by atoms with E-state index >= 15 is 0 Å². The maximum absolute atomic E-state index is 12.7. The van der Waals surface area contributed by atoms with Crippen molar-refractivity contribution in [2.45, 2.75) is 78.1 Å². The Morgan fingerprint density at radius 3 is 2.03 bits per heavy atom. The topological polar surface area (TPSA) is 77.1 Å². The van der Waals surface area contributed by atoms with Gasteiger partial charge in [-0.25, -0.2) is 4.79 Å². The van der Waals surface area contributed by atoms with E-state index in [1.807, 2.05) is 72.7 Å². The molecule has 1 aromatic rings. The van der Waals surface area contributed by atoms with Gasteiger partial charge in [-0.15, -0.1) is 0 Å². The number of likely N-dealkylation sites (tertiary alicyclic amines) is 1. The van der Waals surface area contributed by atoms with E-state index in [0.717, 1.165) is 11.2 Å². The van der Waals surface area contributed by atoms with Gasteiger partial charge in [0, 0.05) is 24.7 Å². The number of benzene rings is 1. The molecule has 2 heterocycles. The highest BCUT2D eigenvalue weighted by molar-refractivity contribution is 6.62. The van der Waals surface area contributed by atoms with Crippen molar-refractivity contribution in [2.75, 3.05) is 18.4 Å². The van der Waals surface area contributed by atoms with E-state index in [0.29, 0.717) is 25.9 Å². The van der Waals surface area contributed by atoms with Crippen LogP contribution in [0.2, 0.25) is 0 Å². The minimum atomic E-state index is -0.516. The number of nitrogens with one attached hydrogen (secondary N) is 1. The molecule has 1 aromatic carbocycles. The largest absolute Gasteiger partial charge is 0.494 e. The molecule has 2 fully saturated rings. The molecule has 1 N–H and O–H groups in total. The van der Waals surface area contributed by atoms with Crippen LogP contribution in [0.25, 0.3) is 0 Å². The van der Waals surface area contributed by atoms with Crippen LogP contribution in [0.15, 0.2) is 24.3 Å². The van der Waals surface area contributed by atoms with Crippen LogP contribution in [0.4, 0.5) is 10.5 Å². The Balaban J connectivity index is 1.51. The summed E-state index contributed by atoms with van der Waals surface area (Å²) in [7, 11) is -0.424. The van der Waals surface area contributed by atoms with E-state index in [1.54, 1.807) is 4.90 Å². The summed E-state index contributed by atoms with van der Waals surface area (Å²) in [6, 6.07) is 7.58. The molecule has 0 spiro atoms. The predicted molar refractivity (Wildman–Crippen MR) is 121 cm³/mol. The van der Waals surface area contributed by atoms with Crippen LogP contribution in [0.1, 0.15) is 61.3 Å². The first kappa shape index (κ1) is 23.6. The van der Waals surface area contributed by atoms with Crippen molar-refractivity contribution < 1.29 is 23.6 Å². The van der Waals surface area contributed by atoms with Gasteiger partial charge in [0.2, 0.25) is 5.91 Å². The zero-order valence-electron chi connectivity index (χ0n) is 19.8. The number of amides is 2. The molecule has 2 saturated heterocycles. The van der Waals surface area contributed by atoms with Crippen LogP contribution >= 0.6 is 0 Å². The molecule has 0 saturated carbocycles. The number of carbonyl (C=O) groups is 2. The van der Waals surface area contributed by atoms with Gasteiger partial charge in [-0.1, -0.05) is 12.1 Å². The molecule has 0 bridgehead atoms. The molecular weight excluding hydrogens is 395 g/mol. The van der Waals surface area contributed by atoms with Gasteiger partial charge >= 0.3 is 13.2 Å². The minimum absolute atomic E-state index is 0.0211. The Bertz CT molecular complexity index is 792. The fourth-order valence-corrected chi connectivity index (χ4v) is 3.60. The molecule has 0 atom stereocenters. The Morgan fingerprint density at radius 2 is 1.55 bits per heavy atom. The SMILES string of the molecule is CC(C)(C)OC(=O)N1CCC(C(=O)Nc2ccc(B3OC(C)(C)C(C)(C)O3)cc2)CC1. The number of hydrogen-bond donors (Lipinski definition) is 1.